The molecule has 0 atom stereocenters. The molecule has 0 saturated heterocycles. The van der Waals surface area contributed by atoms with Crippen LogP contribution in [0.4, 0.5) is 5.69 Å². The SMILES string of the molecule is COc1cc(C(=O)OCC(=O)Nc2cc(Cl)ccc2C#N)ccc1OC(C)C. The number of methoxy groups -OCH3 is 1. The number of hydrogen-bond donors (Lipinski definition) is 1. The third kappa shape index (κ3) is 5.63. The number of esters is 1. The van der Waals surface area contributed by atoms with Crippen LogP contribution >= 0.6 is 11.6 Å². The molecule has 0 radical (unpaired) electrons. The van der Waals surface area contributed by atoms with E-state index in [-0.39, 0.29) is 22.9 Å². The summed E-state index contributed by atoms with van der Waals surface area (Å²) in [6.07, 6.45) is -0.0554. The van der Waals surface area contributed by atoms with Crippen LogP contribution < -0.4 is 14.8 Å². The summed E-state index contributed by atoms with van der Waals surface area (Å²) >= 11 is 5.87. The van der Waals surface area contributed by atoms with Crippen LogP contribution in [0.3, 0.4) is 0 Å². The summed E-state index contributed by atoms with van der Waals surface area (Å²) in [5, 5.41) is 11.9. The van der Waals surface area contributed by atoms with E-state index in [1.165, 1.54) is 37.4 Å². The fraction of sp³-hybridized carbons (Fsp3) is 0.250. The molecule has 1 amide bonds. The summed E-state index contributed by atoms with van der Waals surface area (Å²) in [4.78, 5) is 24.2. The lowest BCUT2D eigenvalue weighted by Crippen LogP contribution is -2.21. The van der Waals surface area contributed by atoms with E-state index in [1.807, 2.05) is 19.9 Å². The molecule has 2 aromatic rings. The molecule has 146 valence electrons. The zero-order chi connectivity index (χ0) is 20.7. The van der Waals surface area contributed by atoms with Gasteiger partial charge in [-0.15, -0.1) is 0 Å². The van der Waals surface area contributed by atoms with Gasteiger partial charge in [0.05, 0.1) is 30.0 Å². The van der Waals surface area contributed by atoms with Gasteiger partial charge in [0.1, 0.15) is 6.07 Å². The van der Waals surface area contributed by atoms with Crippen LogP contribution in [0.15, 0.2) is 36.4 Å². The van der Waals surface area contributed by atoms with Crippen molar-refractivity contribution >= 4 is 29.2 Å². The lowest BCUT2D eigenvalue weighted by molar-refractivity contribution is -0.119. The van der Waals surface area contributed by atoms with Crippen LogP contribution in [0.5, 0.6) is 11.5 Å². The first-order chi connectivity index (χ1) is 13.3. The lowest BCUT2D eigenvalue weighted by atomic mass is 10.2. The molecule has 0 unspecified atom stereocenters. The highest BCUT2D eigenvalue weighted by Gasteiger charge is 2.15. The molecule has 0 aliphatic rings. The van der Waals surface area contributed by atoms with Crippen molar-refractivity contribution in [3.63, 3.8) is 0 Å². The summed E-state index contributed by atoms with van der Waals surface area (Å²) in [5.74, 6) is -0.419. The number of amides is 1. The molecule has 0 fully saturated rings. The largest absolute Gasteiger partial charge is 0.493 e. The topological polar surface area (TPSA) is 97.6 Å². The fourth-order valence-electron chi connectivity index (χ4n) is 2.26. The van der Waals surface area contributed by atoms with Crippen molar-refractivity contribution in [2.24, 2.45) is 0 Å². The Balaban J connectivity index is 2.01. The van der Waals surface area contributed by atoms with Gasteiger partial charge in [-0.2, -0.15) is 5.26 Å². The average Bonchev–Trinajstić information content (AvgIpc) is 2.66. The highest BCUT2D eigenvalue weighted by atomic mass is 35.5. The molecule has 7 nitrogen and oxygen atoms in total. The van der Waals surface area contributed by atoms with Gasteiger partial charge in [-0.3, -0.25) is 4.79 Å². The quantitative estimate of drug-likeness (QED) is 0.707. The van der Waals surface area contributed by atoms with Gasteiger partial charge in [0.15, 0.2) is 18.1 Å². The number of nitrogens with zero attached hydrogens (tertiary/aromatic N) is 1. The molecule has 0 bridgehead atoms. The number of nitriles is 1. The van der Waals surface area contributed by atoms with Crippen LogP contribution in [0.1, 0.15) is 29.8 Å². The summed E-state index contributed by atoms with van der Waals surface area (Å²) < 4.78 is 15.8. The molecule has 0 aliphatic carbocycles. The van der Waals surface area contributed by atoms with E-state index in [4.69, 9.17) is 31.1 Å². The third-order valence-electron chi connectivity index (χ3n) is 3.47. The van der Waals surface area contributed by atoms with Crippen molar-refractivity contribution in [3.05, 3.63) is 52.5 Å². The van der Waals surface area contributed by atoms with Crippen molar-refractivity contribution < 1.29 is 23.8 Å². The number of hydrogen-bond acceptors (Lipinski definition) is 6. The van der Waals surface area contributed by atoms with Crippen LogP contribution in [0.2, 0.25) is 5.02 Å². The molecular formula is C20H19ClN2O5. The third-order valence-corrected chi connectivity index (χ3v) is 3.71. The molecule has 28 heavy (non-hydrogen) atoms. The summed E-state index contributed by atoms with van der Waals surface area (Å²) in [7, 11) is 1.46. The van der Waals surface area contributed by atoms with Crippen LogP contribution in [0, 0.1) is 11.3 Å². The van der Waals surface area contributed by atoms with Crippen LogP contribution in [-0.2, 0) is 9.53 Å². The van der Waals surface area contributed by atoms with E-state index in [0.29, 0.717) is 16.5 Å². The Morgan fingerprint density at radius 3 is 2.57 bits per heavy atom. The second kappa shape index (κ2) is 9.62. The van der Waals surface area contributed by atoms with E-state index < -0.39 is 18.5 Å². The monoisotopic (exact) mass is 402 g/mol. The number of halogens is 1. The maximum absolute atomic E-state index is 12.2. The second-order valence-electron chi connectivity index (χ2n) is 5.96. The Kier molecular flexibility index (Phi) is 7.24. The number of carbonyl (C=O) groups is 2. The predicted octanol–water partition coefficient (Wildman–Crippen LogP) is 3.80. The summed E-state index contributed by atoms with van der Waals surface area (Å²) in [6.45, 7) is 3.22. The molecular weight excluding hydrogens is 384 g/mol. The van der Waals surface area contributed by atoms with Gasteiger partial charge in [0.2, 0.25) is 0 Å². The first kappa shape index (κ1) is 21.1. The molecule has 8 heteroatoms. The molecule has 0 aromatic heterocycles. The van der Waals surface area contributed by atoms with Crippen molar-refractivity contribution in [2.75, 3.05) is 19.0 Å². The summed E-state index contributed by atoms with van der Waals surface area (Å²) in [6, 6.07) is 11.0. The highest BCUT2D eigenvalue weighted by molar-refractivity contribution is 6.31. The van der Waals surface area contributed by atoms with Gasteiger partial charge >= 0.3 is 5.97 Å². The van der Waals surface area contributed by atoms with E-state index >= 15 is 0 Å². The van der Waals surface area contributed by atoms with Gasteiger partial charge in [-0.25, -0.2) is 4.79 Å². The smallest absolute Gasteiger partial charge is 0.338 e. The Labute approximate surface area is 167 Å². The standard InChI is InChI=1S/C20H19ClN2O5/c1-12(2)28-17-7-5-13(8-18(17)26-3)20(25)27-11-19(24)23-16-9-15(21)6-4-14(16)10-22/h4-9,12H,11H2,1-3H3,(H,23,24). The summed E-state index contributed by atoms with van der Waals surface area (Å²) in [5.41, 5.74) is 0.698. The van der Waals surface area contributed by atoms with Gasteiger partial charge in [-0.1, -0.05) is 11.6 Å². The first-order valence-corrected chi connectivity index (χ1v) is 8.73. The zero-order valence-electron chi connectivity index (χ0n) is 15.6. The van der Waals surface area contributed by atoms with Gasteiger partial charge < -0.3 is 19.5 Å². The number of anilines is 1. The second-order valence-corrected chi connectivity index (χ2v) is 6.39. The predicted molar refractivity (Wildman–Crippen MR) is 104 cm³/mol. The fourth-order valence-corrected chi connectivity index (χ4v) is 2.44. The molecule has 0 aliphatic heterocycles. The minimum absolute atomic E-state index is 0.0554. The first-order valence-electron chi connectivity index (χ1n) is 8.35. The average molecular weight is 403 g/mol. The van der Waals surface area contributed by atoms with Crippen LogP contribution in [0.25, 0.3) is 0 Å². The number of ether oxygens (including phenoxy) is 3. The Hall–Kier alpha value is -3.24. The van der Waals surface area contributed by atoms with Crippen molar-refractivity contribution in [1.29, 1.82) is 5.26 Å². The van der Waals surface area contributed by atoms with Gasteiger partial charge in [0.25, 0.3) is 5.91 Å². The molecule has 1 N–H and O–H groups in total. The number of benzene rings is 2. The number of carbonyl (C=O) groups excluding carboxylic acids is 2. The van der Waals surface area contributed by atoms with E-state index in [1.54, 1.807) is 6.07 Å². The molecule has 2 aromatic carbocycles. The van der Waals surface area contributed by atoms with Gasteiger partial charge in [-0.05, 0) is 50.2 Å². The van der Waals surface area contributed by atoms with Gasteiger partial charge in [0, 0.05) is 5.02 Å². The normalized spacial score (nSPS) is 10.1. The van der Waals surface area contributed by atoms with Crippen molar-refractivity contribution in [1.82, 2.24) is 0 Å². The zero-order valence-corrected chi connectivity index (χ0v) is 16.4. The number of rotatable bonds is 7. The molecule has 0 heterocycles. The minimum atomic E-state index is -0.698. The van der Waals surface area contributed by atoms with Crippen LogP contribution in [-0.4, -0.2) is 31.7 Å². The highest BCUT2D eigenvalue weighted by Crippen LogP contribution is 2.29. The number of nitrogens with one attached hydrogen (secondary N) is 1. The molecule has 0 saturated carbocycles. The minimum Gasteiger partial charge on any atom is -0.493 e. The Morgan fingerprint density at radius 1 is 1.18 bits per heavy atom. The Morgan fingerprint density at radius 2 is 1.93 bits per heavy atom. The maximum Gasteiger partial charge on any atom is 0.338 e. The van der Waals surface area contributed by atoms with E-state index in [9.17, 15) is 9.59 Å². The molecule has 0 spiro atoms. The van der Waals surface area contributed by atoms with Crippen molar-refractivity contribution in [2.45, 2.75) is 20.0 Å². The maximum atomic E-state index is 12.2. The lowest BCUT2D eigenvalue weighted by Gasteiger charge is -2.14. The van der Waals surface area contributed by atoms with Crippen molar-refractivity contribution in [3.8, 4) is 17.6 Å². The van der Waals surface area contributed by atoms with E-state index in [2.05, 4.69) is 5.32 Å². The Bertz CT molecular complexity index is 921. The molecule has 2 rings (SSSR count). The van der Waals surface area contributed by atoms with E-state index in [0.717, 1.165) is 0 Å².